The topological polar surface area (TPSA) is 169 Å². The summed E-state index contributed by atoms with van der Waals surface area (Å²) in [5.41, 5.74) is 6.38. The van der Waals surface area contributed by atoms with Crippen molar-refractivity contribution in [3.63, 3.8) is 0 Å². The van der Waals surface area contributed by atoms with E-state index in [2.05, 4.69) is 32.1 Å². The molecule has 2 aromatic heterocycles. The molecular weight excluding hydrogens is 332 g/mol. The number of hydrogen-bond acceptors (Lipinski definition) is 9. The predicted molar refractivity (Wildman–Crippen MR) is 83.7 cm³/mol. The number of carbonyl (C=O) groups excluding carboxylic acids is 1. The Morgan fingerprint density at radius 3 is 2.92 bits per heavy atom. The normalized spacial score (nSPS) is 25.6. The number of rotatable bonds is 4. The molecule has 1 saturated heterocycles. The van der Waals surface area contributed by atoms with Gasteiger partial charge in [0, 0.05) is 6.54 Å². The number of hydrogen-bond donors (Lipinski definition) is 5. The van der Waals surface area contributed by atoms with E-state index in [1.54, 1.807) is 0 Å². The number of amides is 1. The number of aliphatic hydroxyl groups is 3. The number of imidazole rings is 1. The van der Waals surface area contributed by atoms with Gasteiger partial charge in [0.15, 0.2) is 17.7 Å². The zero-order valence-corrected chi connectivity index (χ0v) is 12.9. The first-order valence-corrected chi connectivity index (χ1v) is 7.35. The maximum absolute atomic E-state index is 10.4. The fourth-order valence-electron chi connectivity index (χ4n) is 2.59. The Morgan fingerprint density at radius 2 is 2.20 bits per heavy atom. The first kappa shape index (κ1) is 17.1. The Balaban J connectivity index is 1.98. The second-order valence-corrected chi connectivity index (χ2v) is 5.29. The van der Waals surface area contributed by atoms with Crippen molar-refractivity contribution in [1.82, 2.24) is 24.8 Å². The summed E-state index contributed by atoms with van der Waals surface area (Å²) in [6, 6.07) is 0. The van der Waals surface area contributed by atoms with Gasteiger partial charge in [0.1, 0.15) is 30.4 Å². The molecule has 0 spiro atoms. The summed E-state index contributed by atoms with van der Waals surface area (Å²) in [6.45, 7) is -0.322. The lowest BCUT2D eigenvalue weighted by atomic mass is 10.1. The molecule has 3 heterocycles. The number of aliphatic hydroxyl groups excluding tert-OH is 3. The maximum Gasteiger partial charge on any atom is 0.209 e. The average Bonchev–Trinajstić information content (AvgIpc) is 3.14. The van der Waals surface area contributed by atoms with E-state index >= 15 is 0 Å². The van der Waals surface area contributed by atoms with Crippen LogP contribution >= 0.6 is 0 Å². The summed E-state index contributed by atoms with van der Waals surface area (Å²) in [4.78, 5) is 22.7. The van der Waals surface area contributed by atoms with Crippen LogP contribution in [0.2, 0.25) is 0 Å². The van der Waals surface area contributed by atoms with Gasteiger partial charge in [0.2, 0.25) is 12.2 Å². The fraction of sp³-hybridized carbons (Fsp3) is 0.429. The number of nitrogen functional groups attached to an aromatic ring is 1. The highest BCUT2D eigenvalue weighted by molar-refractivity contribution is 5.82. The van der Waals surface area contributed by atoms with Gasteiger partial charge in [-0.3, -0.25) is 9.36 Å². The summed E-state index contributed by atoms with van der Waals surface area (Å²) < 4.78 is 7.03. The van der Waals surface area contributed by atoms with E-state index < -0.39 is 24.5 Å². The fourth-order valence-corrected chi connectivity index (χ4v) is 2.59. The van der Waals surface area contributed by atoms with Crippen LogP contribution in [0.5, 0.6) is 0 Å². The molecule has 0 radical (unpaired) electrons. The lowest BCUT2D eigenvalue weighted by molar-refractivity contribution is -0.110. The third-order valence-electron chi connectivity index (χ3n) is 3.74. The van der Waals surface area contributed by atoms with Gasteiger partial charge >= 0.3 is 0 Å². The number of carbonyl (C=O) groups is 1. The molecule has 25 heavy (non-hydrogen) atoms. The molecule has 3 rings (SSSR count). The van der Waals surface area contributed by atoms with Crippen LogP contribution in [0.4, 0.5) is 5.82 Å². The van der Waals surface area contributed by atoms with Crippen molar-refractivity contribution in [2.24, 2.45) is 0 Å². The molecule has 0 aromatic carbocycles. The van der Waals surface area contributed by atoms with E-state index in [0.29, 0.717) is 6.41 Å². The smallest absolute Gasteiger partial charge is 0.209 e. The lowest BCUT2D eigenvalue weighted by Gasteiger charge is -2.16. The second-order valence-electron chi connectivity index (χ2n) is 5.29. The third-order valence-corrected chi connectivity index (χ3v) is 3.74. The Kier molecular flexibility index (Phi) is 4.77. The van der Waals surface area contributed by atoms with E-state index in [0.717, 1.165) is 0 Å². The van der Waals surface area contributed by atoms with Crippen molar-refractivity contribution in [2.45, 2.75) is 24.5 Å². The van der Waals surface area contributed by atoms with E-state index in [9.17, 15) is 15.0 Å². The highest BCUT2D eigenvalue weighted by Gasteiger charge is 2.44. The molecule has 1 aliphatic rings. The predicted octanol–water partition coefficient (Wildman–Crippen LogP) is -2.88. The van der Waals surface area contributed by atoms with Crippen LogP contribution < -0.4 is 11.1 Å². The van der Waals surface area contributed by atoms with Crippen LogP contribution in [-0.4, -0.2) is 72.7 Å². The second kappa shape index (κ2) is 6.99. The quantitative estimate of drug-likeness (QED) is 0.288. The van der Waals surface area contributed by atoms with Crippen molar-refractivity contribution in [1.29, 1.82) is 0 Å². The van der Waals surface area contributed by atoms with E-state index in [1.807, 2.05) is 0 Å². The van der Waals surface area contributed by atoms with Crippen molar-refractivity contribution in [2.75, 3.05) is 18.9 Å². The lowest BCUT2D eigenvalue weighted by Crippen LogP contribution is -2.37. The molecule has 0 bridgehead atoms. The molecule has 6 N–H and O–H groups in total. The number of aromatic nitrogens is 4. The van der Waals surface area contributed by atoms with Crippen LogP contribution in [0.15, 0.2) is 6.33 Å². The van der Waals surface area contributed by atoms with Gasteiger partial charge in [-0.15, -0.1) is 0 Å². The Hall–Kier alpha value is -2.78. The summed E-state index contributed by atoms with van der Waals surface area (Å²) in [7, 11) is 0. The van der Waals surface area contributed by atoms with E-state index in [1.165, 1.54) is 10.9 Å². The van der Waals surface area contributed by atoms with Gasteiger partial charge in [-0.1, -0.05) is 5.92 Å². The zero-order valence-electron chi connectivity index (χ0n) is 12.9. The number of nitrogens with two attached hydrogens (primary N) is 1. The van der Waals surface area contributed by atoms with Crippen LogP contribution in [0.25, 0.3) is 11.2 Å². The largest absolute Gasteiger partial charge is 0.387 e. The SMILES string of the molecule is Nc1nc(C#CCO)nc2c1ncn2[C@@H]1O[C@H](CNC=O)[C@@H](O)[C@H]1O. The van der Waals surface area contributed by atoms with Crippen LogP contribution in [-0.2, 0) is 9.53 Å². The molecule has 1 amide bonds. The number of nitrogens with one attached hydrogen (secondary N) is 1. The number of anilines is 1. The standard InChI is InChI=1S/C14H16N6O5/c15-12-9-13(19-8(18-12)2-1-3-21)20(5-17-9)14-11(24)10(23)7(25-14)4-16-6-22/h5-7,10-11,14,21,23-24H,3-4H2,(H,16,22)(H2,15,18,19)/t7-,10-,11-,14-/m1/s1. The molecule has 4 atom stereocenters. The minimum absolute atomic E-state index is 0.0369. The zero-order chi connectivity index (χ0) is 18.0. The first-order chi connectivity index (χ1) is 12.1. The molecule has 132 valence electrons. The summed E-state index contributed by atoms with van der Waals surface area (Å²) in [6.07, 6.45) is -2.42. The average molecular weight is 348 g/mol. The minimum Gasteiger partial charge on any atom is -0.387 e. The summed E-state index contributed by atoms with van der Waals surface area (Å²) in [5.74, 6) is 5.12. The van der Waals surface area contributed by atoms with Crippen molar-refractivity contribution >= 4 is 23.4 Å². The molecule has 11 heteroatoms. The molecule has 1 fully saturated rings. The third kappa shape index (κ3) is 3.11. The molecule has 11 nitrogen and oxygen atoms in total. The van der Waals surface area contributed by atoms with Crippen LogP contribution in [0, 0.1) is 11.8 Å². The highest BCUT2D eigenvalue weighted by Crippen LogP contribution is 2.31. The van der Waals surface area contributed by atoms with Crippen molar-refractivity contribution in [3.05, 3.63) is 12.2 Å². The number of fused-ring (bicyclic) bond motifs is 1. The van der Waals surface area contributed by atoms with Crippen LogP contribution in [0.3, 0.4) is 0 Å². The van der Waals surface area contributed by atoms with Gasteiger partial charge in [0.05, 0.1) is 6.33 Å². The number of ether oxygens (including phenoxy) is 1. The Labute approximate surface area is 141 Å². The summed E-state index contributed by atoms with van der Waals surface area (Å²) in [5, 5.41) is 31.5. The van der Waals surface area contributed by atoms with Gasteiger partial charge in [-0.25, -0.2) is 15.0 Å². The molecule has 0 saturated carbocycles. The van der Waals surface area contributed by atoms with Crippen molar-refractivity contribution in [3.8, 4) is 11.8 Å². The Morgan fingerprint density at radius 1 is 1.40 bits per heavy atom. The molecular formula is C14H16N6O5. The number of nitrogens with zero attached hydrogens (tertiary/aromatic N) is 4. The van der Waals surface area contributed by atoms with Gasteiger partial charge in [-0.05, 0) is 5.92 Å². The summed E-state index contributed by atoms with van der Waals surface area (Å²) >= 11 is 0. The molecule has 0 unspecified atom stereocenters. The minimum atomic E-state index is -1.26. The monoisotopic (exact) mass is 348 g/mol. The maximum atomic E-state index is 10.4. The van der Waals surface area contributed by atoms with E-state index in [4.69, 9.17) is 15.6 Å². The van der Waals surface area contributed by atoms with E-state index in [-0.39, 0.29) is 36.0 Å². The molecule has 0 aliphatic carbocycles. The van der Waals surface area contributed by atoms with Crippen LogP contribution in [0.1, 0.15) is 12.1 Å². The molecule has 1 aliphatic heterocycles. The Bertz CT molecular complexity index is 843. The van der Waals surface area contributed by atoms with Crippen molar-refractivity contribution < 1.29 is 24.9 Å². The van der Waals surface area contributed by atoms with Gasteiger partial charge in [-0.2, -0.15) is 0 Å². The molecule has 2 aromatic rings. The van der Waals surface area contributed by atoms with Gasteiger partial charge < -0.3 is 31.1 Å². The highest BCUT2D eigenvalue weighted by atomic mass is 16.6. The first-order valence-electron chi connectivity index (χ1n) is 7.35. The van der Waals surface area contributed by atoms with Gasteiger partial charge in [0.25, 0.3) is 0 Å².